The number of nitro benzene ring substituents is 1. The molecule has 33 heavy (non-hydrogen) atoms. The second-order valence-corrected chi connectivity index (χ2v) is 9.60. The summed E-state index contributed by atoms with van der Waals surface area (Å²) in [6.45, 7) is 1.66. The lowest BCUT2D eigenvalue weighted by Crippen LogP contribution is -2.40. The molecule has 7 nitrogen and oxygen atoms in total. The Morgan fingerprint density at radius 1 is 1.03 bits per heavy atom. The summed E-state index contributed by atoms with van der Waals surface area (Å²) in [7, 11) is 0. The summed E-state index contributed by atoms with van der Waals surface area (Å²) < 4.78 is 0.809. The minimum absolute atomic E-state index is 0.201. The smallest absolute Gasteiger partial charge is 0.276 e. The van der Waals surface area contributed by atoms with E-state index in [2.05, 4.69) is 27.9 Å². The molecule has 1 aliphatic rings. The molecule has 1 heterocycles. The van der Waals surface area contributed by atoms with Crippen molar-refractivity contribution < 1.29 is 14.5 Å². The first-order valence-electron chi connectivity index (χ1n) is 9.79. The Morgan fingerprint density at radius 3 is 2.36 bits per heavy atom. The summed E-state index contributed by atoms with van der Waals surface area (Å²) in [5.74, 6) is -0.868. The van der Waals surface area contributed by atoms with E-state index in [0.717, 1.165) is 3.57 Å². The Labute approximate surface area is 213 Å². The van der Waals surface area contributed by atoms with Gasteiger partial charge in [-0.25, -0.2) is 0 Å². The van der Waals surface area contributed by atoms with Gasteiger partial charge in [-0.05, 0) is 77.5 Å². The molecule has 0 aromatic heterocycles. The molecule has 1 N–H and O–H groups in total. The normalized spacial score (nSPS) is 16.6. The molecule has 0 fully saturated rings. The van der Waals surface area contributed by atoms with Gasteiger partial charge in [-0.15, -0.1) is 0 Å². The van der Waals surface area contributed by atoms with Crippen molar-refractivity contribution in [3.05, 3.63) is 101 Å². The lowest BCUT2D eigenvalue weighted by atomic mass is 9.98. The number of anilines is 1. The average Bonchev–Trinajstić information content (AvgIpc) is 2.88. The van der Waals surface area contributed by atoms with E-state index in [-0.39, 0.29) is 16.3 Å². The summed E-state index contributed by atoms with van der Waals surface area (Å²) in [6.07, 6.45) is 0. The van der Waals surface area contributed by atoms with E-state index in [0.29, 0.717) is 21.8 Å². The van der Waals surface area contributed by atoms with Crippen LogP contribution >= 0.6 is 45.8 Å². The number of hydrogen-bond acceptors (Lipinski definition) is 4. The number of benzene rings is 3. The van der Waals surface area contributed by atoms with Crippen molar-refractivity contribution in [1.82, 2.24) is 4.90 Å². The van der Waals surface area contributed by atoms with E-state index in [1.54, 1.807) is 49.4 Å². The van der Waals surface area contributed by atoms with Gasteiger partial charge in [0.25, 0.3) is 17.5 Å². The van der Waals surface area contributed by atoms with Crippen LogP contribution in [0.4, 0.5) is 11.4 Å². The van der Waals surface area contributed by atoms with Crippen LogP contribution in [-0.4, -0.2) is 21.6 Å². The van der Waals surface area contributed by atoms with Crippen molar-refractivity contribution in [2.24, 2.45) is 0 Å². The van der Waals surface area contributed by atoms with Gasteiger partial charge in [0.1, 0.15) is 6.04 Å². The van der Waals surface area contributed by atoms with E-state index in [1.807, 2.05) is 0 Å². The standard InChI is InChI=1S/C23H16Cl2IN3O4/c1-12(17-8-6-15(25)10-20(17)29(32)33)28-21(13-2-4-14(24)5-3-13)22(30)27-19-9-7-16(26)11-18(19)23(28)31/h2-12,21H,1H3,(H,27,30). The number of halogens is 3. The zero-order valence-electron chi connectivity index (χ0n) is 17.1. The maximum absolute atomic E-state index is 13.9. The van der Waals surface area contributed by atoms with Gasteiger partial charge in [-0.3, -0.25) is 19.7 Å². The van der Waals surface area contributed by atoms with Gasteiger partial charge < -0.3 is 10.2 Å². The summed E-state index contributed by atoms with van der Waals surface area (Å²) >= 11 is 14.1. The molecule has 2 atom stereocenters. The number of nitrogens with one attached hydrogen (secondary N) is 1. The van der Waals surface area contributed by atoms with Crippen molar-refractivity contribution >= 4 is 69.0 Å². The van der Waals surface area contributed by atoms with Gasteiger partial charge >= 0.3 is 0 Å². The largest absolute Gasteiger partial charge is 0.323 e. The molecule has 0 aliphatic carbocycles. The molecule has 0 saturated heterocycles. The van der Waals surface area contributed by atoms with Crippen LogP contribution in [0.15, 0.2) is 60.7 Å². The van der Waals surface area contributed by atoms with Crippen LogP contribution in [0, 0.1) is 13.7 Å². The third-order valence-corrected chi connectivity index (χ3v) is 6.63. The van der Waals surface area contributed by atoms with Crippen molar-refractivity contribution in [1.29, 1.82) is 0 Å². The van der Waals surface area contributed by atoms with E-state index in [9.17, 15) is 19.7 Å². The van der Waals surface area contributed by atoms with Crippen LogP contribution in [0.1, 0.15) is 40.5 Å². The Morgan fingerprint density at radius 2 is 1.70 bits per heavy atom. The first-order chi connectivity index (χ1) is 15.7. The second-order valence-electron chi connectivity index (χ2n) is 7.48. The van der Waals surface area contributed by atoms with E-state index in [1.165, 1.54) is 23.1 Å². The van der Waals surface area contributed by atoms with Crippen LogP contribution in [0.25, 0.3) is 0 Å². The van der Waals surface area contributed by atoms with Crippen LogP contribution in [0.3, 0.4) is 0 Å². The third-order valence-electron chi connectivity index (χ3n) is 5.47. The molecule has 3 aromatic rings. The number of fused-ring (bicyclic) bond motifs is 1. The quantitative estimate of drug-likeness (QED) is 0.214. The Bertz CT molecular complexity index is 1280. The SMILES string of the molecule is CC(c1ccc(Cl)cc1[N+](=O)[O-])N1C(=O)c2cc(I)ccc2NC(=O)C1c1ccc(Cl)cc1. The predicted octanol–water partition coefficient (Wildman–Crippen LogP) is 6.40. The number of amides is 2. The molecule has 0 radical (unpaired) electrons. The minimum Gasteiger partial charge on any atom is -0.323 e. The lowest BCUT2D eigenvalue weighted by molar-refractivity contribution is -0.385. The Hall–Kier alpha value is -2.69. The van der Waals surface area contributed by atoms with Crippen molar-refractivity contribution in [3.63, 3.8) is 0 Å². The lowest BCUT2D eigenvalue weighted by Gasteiger charge is -2.34. The van der Waals surface area contributed by atoms with Gasteiger partial charge in [-0.1, -0.05) is 35.3 Å². The average molecular weight is 596 g/mol. The topological polar surface area (TPSA) is 92.6 Å². The van der Waals surface area contributed by atoms with E-state index >= 15 is 0 Å². The highest BCUT2D eigenvalue weighted by molar-refractivity contribution is 14.1. The molecule has 0 saturated carbocycles. The molecule has 4 rings (SSSR count). The highest BCUT2D eigenvalue weighted by Crippen LogP contribution is 2.40. The number of carbonyl (C=O) groups is 2. The third kappa shape index (κ3) is 4.55. The summed E-state index contributed by atoms with van der Waals surface area (Å²) in [5.41, 5.74) is 1.24. The summed E-state index contributed by atoms with van der Waals surface area (Å²) in [6, 6.07) is 14.1. The van der Waals surface area contributed by atoms with Crippen LogP contribution in [0.2, 0.25) is 10.0 Å². The minimum atomic E-state index is -1.05. The molecular weight excluding hydrogens is 580 g/mol. The van der Waals surface area contributed by atoms with Gasteiger partial charge in [-0.2, -0.15) is 0 Å². The molecule has 3 aromatic carbocycles. The maximum atomic E-state index is 13.9. The first-order valence-corrected chi connectivity index (χ1v) is 11.6. The number of nitrogens with zero attached hydrogens (tertiary/aromatic N) is 2. The Balaban J connectivity index is 1.93. The van der Waals surface area contributed by atoms with Gasteiger partial charge in [0.15, 0.2) is 0 Å². The summed E-state index contributed by atoms with van der Waals surface area (Å²) in [5, 5.41) is 15.3. The second kappa shape index (κ2) is 9.28. The molecule has 2 unspecified atom stereocenters. The zero-order valence-corrected chi connectivity index (χ0v) is 20.8. The maximum Gasteiger partial charge on any atom is 0.276 e. The molecule has 168 valence electrons. The highest BCUT2D eigenvalue weighted by Gasteiger charge is 2.41. The number of nitro groups is 1. The fourth-order valence-electron chi connectivity index (χ4n) is 3.92. The highest BCUT2D eigenvalue weighted by atomic mass is 127. The van der Waals surface area contributed by atoms with E-state index < -0.39 is 28.8 Å². The molecule has 10 heteroatoms. The molecule has 0 spiro atoms. The molecule has 2 amide bonds. The number of rotatable bonds is 4. The molecule has 0 bridgehead atoms. The van der Waals surface area contributed by atoms with Gasteiger partial charge in [0.2, 0.25) is 0 Å². The van der Waals surface area contributed by atoms with Crippen LogP contribution in [-0.2, 0) is 4.79 Å². The molecule has 1 aliphatic heterocycles. The zero-order chi connectivity index (χ0) is 23.9. The monoisotopic (exact) mass is 595 g/mol. The number of hydrogen-bond donors (Lipinski definition) is 1. The van der Waals surface area contributed by atoms with Crippen molar-refractivity contribution in [2.75, 3.05) is 5.32 Å². The van der Waals surface area contributed by atoms with E-state index in [4.69, 9.17) is 23.2 Å². The fourth-order valence-corrected chi connectivity index (χ4v) is 4.70. The number of carbonyl (C=O) groups excluding carboxylic acids is 2. The van der Waals surface area contributed by atoms with Crippen LogP contribution < -0.4 is 5.32 Å². The van der Waals surface area contributed by atoms with Gasteiger partial charge in [0.05, 0.1) is 27.8 Å². The van der Waals surface area contributed by atoms with Gasteiger partial charge in [0, 0.05) is 19.7 Å². The first kappa shape index (κ1) is 23.5. The van der Waals surface area contributed by atoms with Crippen molar-refractivity contribution in [2.45, 2.75) is 19.0 Å². The molecular formula is C23H16Cl2IN3O4. The summed E-state index contributed by atoms with van der Waals surface area (Å²) in [4.78, 5) is 39.9. The van der Waals surface area contributed by atoms with Crippen LogP contribution in [0.5, 0.6) is 0 Å². The Kier molecular flexibility index (Phi) is 6.60. The predicted molar refractivity (Wildman–Crippen MR) is 135 cm³/mol. The van der Waals surface area contributed by atoms with Crippen molar-refractivity contribution in [3.8, 4) is 0 Å². The fraction of sp³-hybridized carbons (Fsp3) is 0.130.